The van der Waals surface area contributed by atoms with Crippen molar-refractivity contribution in [2.75, 3.05) is 11.9 Å². The molecule has 2 amide bonds. The Bertz CT molecular complexity index is 1070. The van der Waals surface area contributed by atoms with E-state index in [1.54, 1.807) is 28.8 Å². The molecule has 9 heteroatoms. The summed E-state index contributed by atoms with van der Waals surface area (Å²) >= 11 is 0. The van der Waals surface area contributed by atoms with Crippen molar-refractivity contribution in [3.63, 3.8) is 0 Å². The quantitative estimate of drug-likeness (QED) is 0.596. The number of hydrogen-bond acceptors (Lipinski definition) is 3. The summed E-state index contributed by atoms with van der Waals surface area (Å²) in [5, 5.41) is 5.58. The Morgan fingerprint density at radius 1 is 1.03 bits per heavy atom. The number of aromatic nitrogens is 2. The predicted octanol–water partition coefficient (Wildman–Crippen LogP) is 3.85. The van der Waals surface area contributed by atoms with E-state index < -0.39 is 11.7 Å². The summed E-state index contributed by atoms with van der Waals surface area (Å²) in [6.07, 6.45) is -2.69. The summed E-state index contributed by atoms with van der Waals surface area (Å²) in [6.45, 7) is 4.59. The summed E-state index contributed by atoms with van der Waals surface area (Å²) < 4.78 is 39.7. The number of benzene rings is 1. The van der Waals surface area contributed by atoms with Crippen molar-refractivity contribution in [1.82, 2.24) is 14.7 Å². The fraction of sp³-hybridized carbons (Fsp3) is 0.318. The third kappa shape index (κ3) is 6.07. The van der Waals surface area contributed by atoms with E-state index in [1.165, 1.54) is 12.1 Å². The standard InChI is InChI=1S/C22H23F3N4O2/c1-14(2)12-26-20(30)11-17-13-29-18(27-17)4-3-5-19(29)28-21(31)10-15-6-8-16(9-7-15)22(23,24)25/h3-9,13-14H,10-12H2,1-2H3,(H,26,30)(H,28,31). The summed E-state index contributed by atoms with van der Waals surface area (Å²) in [5.74, 6) is 0.287. The van der Waals surface area contributed by atoms with Crippen LogP contribution in [0.15, 0.2) is 48.7 Å². The van der Waals surface area contributed by atoms with Gasteiger partial charge in [0.2, 0.25) is 11.8 Å². The van der Waals surface area contributed by atoms with E-state index in [0.29, 0.717) is 35.2 Å². The molecular formula is C22H23F3N4O2. The summed E-state index contributed by atoms with van der Waals surface area (Å²) in [7, 11) is 0. The number of fused-ring (bicyclic) bond motifs is 1. The first-order chi connectivity index (χ1) is 14.6. The monoisotopic (exact) mass is 432 g/mol. The second-order valence-corrected chi connectivity index (χ2v) is 7.67. The lowest BCUT2D eigenvalue weighted by atomic mass is 10.1. The fourth-order valence-corrected chi connectivity index (χ4v) is 2.98. The Hall–Kier alpha value is -3.36. The normalized spacial score (nSPS) is 11.7. The average molecular weight is 432 g/mol. The molecule has 0 saturated carbocycles. The van der Waals surface area contributed by atoms with Crippen molar-refractivity contribution in [2.45, 2.75) is 32.9 Å². The zero-order valence-corrected chi connectivity index (χ0v) is 17.2. The van der Waals surface area contributed by atoms with E-state index in [9.17, 15) is 22.8 Å². The largest absolute Gasteiger partial charge is 0.416 e. The van der Waals surface area contributed by atoms with Gasteiger partial charge in [0, 0.05) is 12.7 Å². The van der Waals surface area contributed by atoms with Crippen LogP contribution in [0.3, 0.4) is 0 Å². The molecule has 2 N–H and O–H groups in total. The predicted molar refractivity (Wildman–Crippen MR) is 111 cm³/mol. The number of nitrogens with one attached hydrogen (secondary N) is 2. The first kappa shape index (κ1) is 22.3. The van der Waals surface area contributed by atoms with Gasteiger partial charge in [0.1, 0.15) is 11.5 Å². The first-order valence-corrected chi connectivity index (χ1v) is 9.81. The van der Waals surface area contributed by atoms with Gasteiger partial charge >= 0.3 is 6.18 Å². The van der Waals surface area contributed by atoms with E-state index in [1.807, 2.05) is 13.8 Å². The lowest BCUT2D eigenvalue weighted by molar-refractivity contribution is -0.137. The molecule has 2 aromatic heterocycles. The minimum atomic E-state index is -4.42. The molecule has 0 aliphatic carbocycles. The van der Waals surface area contributed by atoms with Crippen molar-refractivity contribution in [2.24, 2.45) is 5.92 Å². The molecule has 0 atom stereocenters. The molecule has 31 heavy (non-hydrogen) atoms. The van der Waals surface area contributed by atoms with Gasteiger partial charge in [0.15, 0.2) is 0 Å². The molecule has 0 aliphatic heterocycles. The van der Waals surface area contributed by atoms with Gasteiger partial charge in [0.05, 0.1) is 24.1 Å². The lowest BCUT2D eigenvalue weighted by Gasteiger charge is -2.09. The second-order valence-electron chi connectivity index (χ2n) is 7.67. The molecule has 0 unspecified atom stereocenters. The number of carbonyl (C=O) groups excluding carboxylic acids is 2. The van der Waals surface area contributed by atoms with Gasteiger partial charge in [-0.2, -0.15) is 13.2 Å². The Morgan fingerprint density at radius 2 is 1.74 bits per heavy atom. The highest BCUT2D eigenvalue weighted by atomic mass is 19.4. The maximum atomic E-state index is 12.7. The molecule has 6 nitrogen and oxygen atoms in total. The Labute approximate surface area is 177 Å². The molecule has 2 heterocycles. The summed E-state index contributed by atoms with van der Waals surface area (Å²) in [4.78, 5) is 28.9. The number of pyridine rings is 1. The van der Waals surface area contributed by atoms with Crippen LogP contribution in [-0.4, -0.2) is 27.7 Å². The molecule has 0 aliphatic rings. The summed E-state index contributed by atoms with van der Waals surface area (Å²) in [5.41, 5.74) is 0.834. The van der Waals surface area contributed by atoms with E-state index >= 15 is 0 Å². The van der Waals surface area contributed by atoms with Gasteiger partial charge in [-0.05, 0) is 35.7 Å². The number of rotatable bonds is 7. The third-order valence-electron chi connectivity index (χ3n) is 4.50. The second kappa shape index (κ2) is 9.20. The van der Waals surface area contributed by atoms with E-state index in [4.69, 9.17) is 0 Å². The minimum absolute atomic E-state index is 0.0757. The zero-order valence-electron chi connectivity index (χ0n) is 17.2. The lowest BCUT2D eigenvalue weighted by Crippen LogP contribution is -2.28. The SMILES string of the molecule is CC(C)CNC(=O)Cc1cn2c(NC(=O)Cc3ccc(C(F)(F)F)cc3)cccc2n1. The number of anilines is 1. The fourth-order valence-electron chi connectivity index (χ4n) is 2.98. The van der Waals surface area contributed by atoms with E-state index in [0.717, 1.165) is 12.1 Å². The topological polar surface area (TPSA) is 75.5 Å². The van der Waals surface area contributed by atoms with Crippen molar-refractivity contribution >= 4 is 23.3 Å². The molecule has 3 aromatic rings. The highest BCUT2D eigenvalue weighted by Crippen LogP contribution is 2.29. The van der Waals surface area contributed by atoms with Gasteiger partial charge in [-0.3, -0.25) is 14.0 Å². The van der Waals surface area contributed by atoms with E-state index in [2.05, 4.69) is 15.6 Å². The molecule has 0 saturated heterocycles. The Balaban J connectivity index is 1.67. The number of amides is 2. The molecule has 0 fully saturated rings. The maximum absolute atomic E-state index is 12.7. The molecule has 164 valence electrons. The van der Waals surface area contributed by atoms with Gasteiger partial charge in [-0.1, -0.05) is 32.0 Å². The highest BCUT2D eigenvalue weighted by Gasteiger charge is 2.30. The molecule has 1 aromatic carbocycles. The molecule has 0 bridgehead atoms. The van der Waals surface area contributed by atoms with Gasteiger partial charge < -0.3 is 10.6 Å². The van der Waals surface area contributed by atoms with Crippen LogP contribution in [0.25, 0.3) is 5.65 Å². The number of carbonyl (C=O) groups is 2. The minimum Gasteiger partial charge on any atom is -0.356 e. The van der Waals surface area contributed by atoms with Crippen LogP contribution >= 0.6 is 0 Å². The Kier molecular flexibility index (Phi) is 6.62. The van der Waals surface area contributed by atoms with Crippen LogP contribution < -0.4 is 10.6 Å². The number of nitrogens with zero attached hydrogens (tertiary/aromatic N) is 2. The molecule has 0 radical (unpaired) electrons. The van der Waals surface area contributed by atoms with Crippen LogP contribution in [0.4, 0.5) is 19.0 Å². The van der Waals surface area contributed by atoms with Crippen molar-refractivity contribution < 1.29 is 22.8 Å². The number of hydrogen-bond donors (Lipinski definition) is 2. The summed E-state index contributed by atoms with van der Waals surface area (Å²) in [6, 6.07) is 9.63. The zero-order chi connectivity index (χ0) is 22.6. The number of imidazole rings is 1. The van der Waals surface area contributed by atoms with Crippen molar-refractivity contribution in [3.8, 4) is 0 Å². The Morgan fingerprint density at radius 3 is 2.39 bits per heavy atom. The molecule has 3 rings (SSSR count). The average Bonchev–Trinajstić information content (AvgIpc) is 3.09. The number of alkyl halides is 3. The van der Waals surface area contributed by atoms with Crippen LogP contribution in [0.5, 0.6) is 0 Å². The van der Waals surface area contributed by atoms with Crippen molar-refractivity contribution in [1.29, 1.82) is 0 Å². The van der Waals surface area contributed by atoms with Gasteiger partial charge in [-0.15, -0.1) is 0 Å². The molecule has 0 spiro atoms. The van der Waals surface area contributed by atoms with Crippen LogP contribution in [0.1, 0.15) is 30.7 Å². The van der Waals surface area contributed by atoms with Gasteiger partial charge in [0.25, 0.3) is 0 Å². The van der Waals surface area contributed by atoms with E-state index in [-0.39, 0.29) is 24.7 Å². The van der Waals surface area contributed by atoms with Crippen LogP contribution in [0.2, 0.25) is 0 Å². The highest BCUT2D eigenvalue weighted by molar-refractivity contribution is 5.91. The number of halogens is 3. The smallest absolute Gasteiger partial charge is 0.356 e. The van der Waals surface area contributed by atoms with Gasteiger partial charge in [-0.25, -0.2) is 4.98 Å². The van der Waals surface area contributed by atoms with Crippen LogP contribution in [-0.2, 0) is 28.6 Å². The molecular weight excluding hydrogens is 409 g/mol. The third-order valence-corrected chi connectivity index (χ3v) is 4.50. The maximum Gasteiger partial charge on any atom is 0.416 e. The first-order valence-electron chi connectivity index (χ1n) is 9.81. The van der Waals surface area contributed by atoms with Crippen LogP contribution in [0, 0.1) is 5.92 Å². The van der Waals surface area contributed by atoms with Crippen molar-refractivity contribution in [3.05, 3.63) is 65.5 Å².